The maximum absolute atomic E-state index is 10.3. The summed E-state index contributed by atoms with van der Waals surface area (Å²) in [5.74, 6) is 0.708. The second-order valence-corrected chi connectivity index (χ2v) is 6.38. The minimum absolute atomic E-state index is 0.345. The molecule has 1 N–H and O–H groups in total. The van der Waals surface area contributed by atoms with Crippen LogP contribution in [0, 0.1) is 6.92 Å². The quantitative estimate of drug-likeness (QED) is 0.796. The van der Waals surface area contributed by atoms with Gasteiger partial charge in [0.1, 0.15) is 0 Å². The molecular formula is C17H24N2OS. The van der Waals surface area contributed by atoms with Crippen LogP contribution in [0.25, 0.3) is 0 Å². The van der Waals surface area contributed by atoms with E-state index in [2.05, 4.69) is 56.2 Å². The van der Waals surface area contributed by atoms with Gasteiger partial charge >= 0.3 is 0 Å². The zero-order valence-corrected chi connectivity index (χ0v) is 13.9. The highest BCUT2D eigenvalue weighted by Gasteiger charge is 2.12. The van der Waals surface area contributed by atoms with E-state index in [0.717, 1.165) is 24.4 Å². The van der Waals surface area contributed by atoms with Crippen LogP contribution >= 0.6 is 11.8 Å². The Morgan fingerprint density at radius 3 is 2.76 bits per heavy atom. The first-order valence-electron chi connectivity index (χ1n) is 7.55. The lowest BCUT2D eigenvalue weighted by Gasteiger charge is -2.11. The van der Waals surface area contributed by atoms with Gasteiger partial charge in [0.15, 0.2) is 0 Å². The van der Waals surface area contributed by atoms with Gasteiger partial charge in [-0.05, 0) is 38.5 Å². The minimum Gasteiger partial charge on any atom is -0.392 e. The highest BCUT2D eigenvalue weighted by molar-refractivity contribution is 7.99. The lowest BCUT2D eigenvalue weighted by Crippen LogP contribution is -2.16. The first-order chi connectivity index (χ1) is 10.1. The van der Waals surface area contributed by atoms with E-state index in [1.807, 2.05) is 4.68 Å². The number of aryl methyl sites for hydroxylation is 3. The van der Waals surface area contributed by atoms with E-state index in [1.165, 1.54) is 10.5 Å². The number of aromatic nitrogens is 2. The van der Waals surface area contributed by atoms with E-state index in [4.69, 9.17) is 0 Å². The molecule has 1 unspecified atom stereocenters. The van der Waals surface area contributed by atoms with Crippen LogP contribution in [-0.4, -0.2) is 26.7 Å². The van der Waals surface area contributed by atoms with Gasteiger partial charge in [0.2, 0.25) is 0 Å². The van der Waals surface area contributed by atoms with E-state index >= 15 is 0 Å². The highest BCUT2D eigenvalue weighted by Crippen LogP contribution is 2.21. The van der Waals surface area contributed by atoms with Crippen molar-refractivity contribution < 1.29 is 5.11 Å². The van der Waals surface area contributed by atoms with Crippen LogP contribution in [0.4, 0.5) is 0 Å². The van der Waals surface area contributed by atoms with E-state index < -0.39 is 0 Å². The van der Waals surface area contributed by atoms with Crippen LogP contribution in [0.1, 0.15) is 30.8 Å². The van der Waals surface area contributed by atoms with Gasteiger partial charge in [-0.25, -0.2) is 0 Å². The number of thioether (sulfide) groups is 1. The van der Waals surface area contributed by atoms with Crippen LogP contribution in [0.3, 0.4) is 0 Å². The number of hydrogen-bond donors (Lipinski definition) is 1. The smallest absolute Gasteiger partial charge is 0.0689 e. The number of rotatable bonds is 7. The van der Waals surface area contributed by atoms with E-state index in [9.17, 15) is 5.11 Å². The molecule has 114 valence electrons. The molecule has 2 rings (SSSR count). The number of aliphatic hydroxyl groups excluding tert-OH is 1. The van der Waals surface area contributed by atoms with Crippen LogP contribution < -0.4 is 0 Å². The Balaban J connectivity index is 1.92. The molecule has 1 atom stereocenters. The molecular weight excluding hydrogens is 280 g/mol. The summed E-state index contributed by atoms with van der Waals surface area (Å²) in [7, 11) is 0. The SMILES string of the molecule is CCc1cc(CC(O)CSc2cccc(C)c2)n(CC)n1. The summed E-state index contributed by atoms with van der Waals surface area (Å²) in [6.45, 7) is 7.14. The van der Waals surface area contributed by atoms with E-state index in [1.54, 1.807) is 11.8 Å². The van der Waals surface area contributed by atoms with Crippen molar-refractivity contribution in [3.8, 4) is 0 Å². The first kappa shape index (κ1) is 16.1. The summed E-state index contributed by atoms with van der Waals surface area (Å²) < 4.78 is 2.00. The van der Waals surface area contributed by atoms with Gasteiger partial charge < -0.3 is 5.11 Å². The van der Waals surface area contributed by atoms with Crippen LogP contribution in [0.2, 0.25) is 0 Å². The van der Waals surface area contributed by atoms with Crippen molar-refractivity contribution in [2.45, 2.75) is 51.2 Å². The van der Waals surface area contributed by atoms with Gasteiger partial charge in [0, 0.05) is 29.3 Å². The molecule has 4 heteroatoms. The lowest BCUT2D eigenvalue weighted by atomic mass is 10.2. The molecule has 1 heterocycles. The van der Waals surface area contributed by atoms with E-state index in [0.29, 0.717) is 12.2 Å². The zero-order chi connectivity index (χ0) is 15.2. The van der Waals surface area contributed by atoms with Crippen LogP contribution in [0.15, 0.2) is 35.2 Å². The molecule has 0 radical (unpaired) electrons. The van der Waals surface area contributed by atoms with Crippen molar-refractivity contribution in [3.63, 3.8) is 0 Å². The van der Waals surface area contributed by atoms with Crippen molar-refractivity contribution in [2.75, 3.05) is 5.75 Å². The van der Waals surface area contributed by atoms with Gasteiger partial charge in [0.25, 0.3) is 0 Å². The summed E-state index contributed by atoms with van der Waals surface area (Å²) >= 11 is 1.71. The summed E-state index contributed by atoms with van der Waals surface area (Å²) in [6, 6.07) is 10.5. The Morgan fingerprint density at radius 2 is 2.10 bits per heavy atom. The average molecular weight is 304 g/mol. The van der Waals surface area contributed by atoms with Gasteiger partial charge in [-0.3, -0.25) is 4.68 Å². The molecule has 0 amide bonds. The predicted molar refractivity (Wildman–Crippen MR) is 88.9 cm³/mol. The molecule has 0 spiro atoms. The Kier molecular flexibility index (Phi) is 5.88. The summed E-state index contributed by atoms with van der Waals surface area (Å²) in [5, 5.41) is 14.8. The van der Waals surface area contributed by atoms with Gasteiger partial charge in [-0.15, -0.1) is 11.8 Å². The third-order valence-corrected chi connectivity index (χ3v) is 4.59. The molecule has 3 nitrogen and oxygen atoms in total. The van der Waals surface area contributed by atoms with Crippen LogP contribution in [-0.2, 0) is 19.4 Å². The fraction of sp³-hybridized carbons (Fsp3) is 0.471. The Bertz CT molecular complexity index is 580. The molecule has 0 bridgehead atoms. The molecule has 0 saturated heterocycles. The Morgan fingerprint density at radius 1 is 1.29 bits per heavy atom. The van der Waals surface area contributed by atoms with Crippen molar-refractivity contribution >= 4 is 11.8 Å². The third kappa shape index (κ3) is 4.61. The monoisotopic (exact) mass is 304 g/mol. The standard InChI is InChI=1S/C17H24N2OS/c1-4-14-10-15(19(5-2)18-14)11-16(20)12-21-17-8-6-7-13(3)9-17/h6-10,16,20H,4-5,11-12H2,1-3H3. The third-order valence-electron chi connectivity index (χ3n) is 3.45. The number of hydrogen-bond acceptors (Lipinski definition) is 3. The maximum atomic E-state index is 10.3. The van der Waals surface area contributed by atoms with Gasteiger partial charge in [0.05, 0.1) is 11.8 Å². The van der Waals surface area contributed by atoms with Crippen molar-refractivity contribution in [2.24, 2.45) is 0 Å². The molecule has 0 fully saturated rings. The second-order valence-electron chi connectivity index (χ2n) is 5.28. The molecule has 21 heavy (non-hydrogen) atoms. The highest BCUT2D eigenvalue weighted by atomic mass is 32.2. The van der Waals surface area contributed by atoms with E-state index in [-0.39, 0.29) is 6.10 Å². The number of benzene rings is 1. The van der Waals surface area contributed by atoms with Crippen LogP contribution in [0.5, 0.6) is 0 Å². The van der Waals surface area contributed by atoms with Crippen molar-refractivity contribution in [3.05, 3.63) is 47.3 Å². The summed E-state index contributed by atoms with van der Waals surface area (Å²) in [4.78, 5) is 1.22. The summed E-state index contributed by atoms with van der Waals surface area (Å²) in [6.07, 6.45) is 1.26. The zero-order valence-electron chi connectivity index (χ0n) is 13.0. The maximum Gasteiger partial charge on any atom is 0.0689 e. The molecule has 0 aliphatic carbocycles. The van der Waals surface area contributed by atoms with Gasteiger partial charge in [-0.1, -0.05) is 24.6 Å². The second kappa shape index (κ2) is 7.66. The largest absolute Gasteiger partial charge is 0.392 e. The molecule has 0 aliphatic heterocycles. The van der Waals surface area contributed by atoms with Crippen molar-refractivity contribution in [1.82, 2.24) is 9.78 Å². The minimum atomic E-state index is -0.345. The number of aliphatic hydroxyl groups is 1. The lowest BCUT2D eigenvalue weighted by molar-refractivity contribution is 0.197. The van der Waals surface area contributed by atoms with Crippen molar-refractivity contribution in [1.29, 1.82) is 0 Å². The average Bonchev–Trinajstić information content (AvgIpc) is 2.87. The molecule has 2 aromatic rings. The van der Waals surface area contributed by atoms with Gasteiger partial charge in [-0.2, -0.15) is 5.10 Å². The molecule has 1 aromatic heterocycles. The predicted octanol–water partition coefficient (Wildman–Crippen LogP) is 3.47. The molecule has 0 saturated carbocycles. The number of nitrogens with zero attached hydrogens (tertiary/aromatic N) is 2. The first-order valence-corrected chi connectivity index (χ1v) is 8.54. The Hall–Kier alpha value is -1.26. The molecule has 1 aromatic carbocycles. The Labute approximate surface area is 131 Å². The topological polar surface area (TPSA) is 38.0 Å². The molecule has 0 aliphatic rings. The normalized spacial score (nSPS) is 12.6. The fourth-order valence-electron chi connectivity index (χ4n) is 2.32. The fourth-order valence-corrected chi connectivity index (χ4v) is 3.27. The summed E-state index contributed by atoms with van der Waals surface area (Å²) in [5.41, 5.74) is 3.49.